The first-order valence-corrected chi connectivity index (χ1v) is 10.4. The molecule has 148 valence electrons. The molecule has 0 spiro atoms. The van der Waals surface area contributed by atoms with Gasteiger partial charge in [0.25, 0.3) is 0 Å². The minimum absolute atomic E-state index is 0.116. The highest BCUT2D eigenvalue weighted by molar-refractivity contribution is 7.88. The molecule has 2 aromatic carbocycles. The lowest BCUT2D eigenvalue weighted by molar-refractivity contribution is 0.403. The predicted octanol–water partition coefficient (Wildman–Crippen LogP) is 5.25. The van der Waals surface area contributed by atoms with Crippen molar-refractivity contribution in [1.29, 1.82) is 0 Å². The second-order valence-electron chi connectivity index (χ2n) is 6.33. The van der Waals surface area contributed by atoms with Crippen LogP contribution in [0.5, 0.6) is 23.0 Å². The molecule has 6 heteroatoms. The lowest BCUT2D eigenvalue weighted by atomic mass is 10.1. The molecule has 0 saturated heterocycles. The average Bonchev–Trinajstić information content (AvgIpc) is 2.68. The van der Waals surface area contributed by atoms with Gasteiger partial charge in [0.15, 0.2) is 0 Å². The molecule has 2 rings (SSSR count). The molecule has 0 aliphatic heterocycles. The quantitative estimate of drug-likeness (QED) is 0.427. The van der Waals surface area contributed by atoms with Gasteiger partial charge in [-0.25, -0.2) is 4.21 Å². The highest BCUT2D eigenvalue weighted by atomic mass is 32.2. The number of phenolic OH excluding ortho intramolecular Hbond substituents is 2. The van der Waals surface area contributed by atoms with Crippen LogP contribution >= 0.6 is 0 Å². The number of unbranched alkanes of at least 4 members (excludes halogenated alkanes) is 5. The van der Waals surface area contributed by atoms with E-state index in [0.717, 1.165) is 19.3 Å². The molecular weight excluding hydrogens is 364 g/mol. The number of hydrogen-bond acceptors (Lipinski definition) is 5. The summed E-state index contributed by atoms with van der Waals surface area (Å²) in [5.41, 5.74) is 0. The lowest BCUT2D eigenvalue weighted by Gasteiger charge is -2.14. The predicted molar refractivity (Wildman–Crippen MR) is 109 cm³/mol. The second kappa shape index (κ2) is 10.2. The van der Waals surface area contributed by atoms with E-state index in [1.165, 1.54) is 39.5 Å². The van der Waals surface area contributed by atoms with Gasteiger partial charge in [-0.15, -0.1) is 0 Å². The molecule has 2 N–H and O–H groups in total. The van der Waals surface area contributed by atoms with E-state index >= 15 is 0 Å². The molecule has 1 atom stereocenters. The number of benzene rings is 2. The number of aromatic hydroxyl groups is 2. The fourth-order valence-corrected chi connectivity index (χ4v) is 4.01. The zero-order valence-corrected chi connectivity index (χ0v) is 17.0. The van der Waals surface area contributed by atoms with Gasteiger partial charge in [0.2, 0.25) is 0 Å². The molecule has 0 bridgehead atoms. The summed E-state index contributed by atoms with van der Waals surface area (Å²) < 4.78 is 23.2. The molecule has 0 amide bonds. The molecule has 0 aliphatic carbocycles. The molecule has 27 heavy (non-hydrogen) atoms. The van der Waals surface area contributed by atoms with Gasteiger partial charge in [0.1, 0.15) is 23.0 Å². The third-order valence-corrected chi connectivity index (χ3v) is 5.66. The van der Waals surface area contributed by atoms with E-state index < -0.39 is 10.8 Å². The number of rotatable bonds is 10. The van der Waals surface area contributed by atoms with E-state index in [-0.39, 0.29) is 21.8 Å². The van der Waals surface area contributed by atoms with Crippen LogP contribution in [0, 0.1) is 0 Å². The molecule has 0 radical (unpaired) electrons. The number of hydrogen-bond donors (Lipinski definition) is 2. The van der Waals surface area contributed by atoms with Crippen LogP contribution in [0.3, 0.4) is 0 Å². The summed E-state index contributed by atoms with van der Waals surface area (Å²) in [6, 6.07) is 4.61. The molecule has 0 aromatic heterocycles. The average molecular weight is 393 g/mol. The van der Waals surface area contributed by atoms with Crippen LogP contribution in [0.2, 0.25) is 0 Å². The first kappa shape index (κ1) is 21.1. The molecule has 1 unspecified atom stereocenters. The van der Waals surface area contributed by atoms with Gasteiger partial charge in [-0.3, -0.25) is 0 Å². The van der Waals surface area contributed by atoms with E-state index in [4.69, 9.17) is 9.47 Å². The van der Waals surface area contributed by atoms with Crippen molar-refractivity contribution < 1.29 is 23.9 Å². The minimum Gasteiger partial charge on any atom is -0.507 e. The molecule has 0 fully saturated rings. The van der Waals surface area contributed by atoms with Crippen LogP contribution in [0.1, 0.15) is 45.4 Å². The summed E-state index contributed by atoms with van der Waals surface area (Å²) in [4.78, 5) is 0.147. The Morgan fingerprint density at radius 3 is 2.26 bits per heavy atom. The highest BCUT2D eigenvalue weighted by Gasteiger charge is 2.21. The van der Waals surface area contributed by atoms with Gasteiger partial charge in [-0.2, -0.15) is 0 Å². The number of fused-ring (bicyclic) bond motifs is 1. The van der Waals surface area contributed by atoms with E-state index in [9.17, 15) is 14.4 Å². The maximum absolute atomic E-state index is 12.6. The maximum atomic E-state index is 12.6. The summed E-state index contributed by atoms with van der Waals surface area (Å²) in [6.07, 6.45) is 8.58. The van der Waals surface area contributed by atoms with Gasteiger partial charge in [-0.05, 0) is 25.0 Å². The molecule has 0 saturated carbocycles. The Morgan fingerprint density at radius 2 is 1.63 bits per heavy atom. The summed E-state index contributed by atoms with van der Waals surface area (Å²) in [7, 11) is 1.38. The number of allylic oxidation sites excluding steroid dienone is 1. The van der Waals surface area contributed by atoms with E-state index in [1.54, 1.807) is 17.5 Å². The van der Waals surface area contributed by atoms with Gasteiger partial charge < -0.3 is 19.7 Å². The Bertz CT molecular complexity index is 829. The third-order valence-electron chi connectivity index (χ3n) is 4.47. The Morgan fingerprint density at radius 1 is 1.00 bits per heavy atom. The fraction of sp³-hybridized carbons (Fsp3) is 0.429. The van der Waals surface area contributed by atoms with Crippen molar-refractivity contribution in [3.63, 3.8) is 0 Å². The lowest BCUT2D eigenvalue weighted by Crippen LogP contribution is -1.94. The topological polar surface area (TPSA) is 76.0 Å². The van der Waals surface area contributed by atoms with Crippen LogP contribution in [0.15, 0.2) is 34.6 Å². The Balaban J connectivity index is 2.28. The zero-order valence-electron chi connectivity index (χ0n) is 16.2. The number of phenols is 2. The van der Waals surface area contributed by atoms with E-state index in [0.29, 0.717) is 16.9 Å². The van der Waals surface area contributed by atoms with E-state index in [1.807, 2.05) is 6.08 Å². The van der Waals surface area contributed by atoms with Gasteiger partial charge in [-0.1, -0.05) is 38.7 Å². The zero-order chi connectivity index (χ0) is 19.8. The monoisotopic (exact) mass is 392 g/mol. The molecular formula is C21H28O5S. The van der Waals surface area contributed by atoms with Crippen LogP contribution in [-0.4, -0.2) is 28.6 Å². The summed E-state index contributed by atoms with van der Waals surface area (Å²) in [5.74, 6) is 0.482. The van der Waals surface area contributed by atoms with Crippen molar-refractivity contribution in [2.24, 2.45) is 0 Å². The molecule has 0 aliphatic rings. The van der Waals surface area contributed by atoms with Crippen LogP contribution < -0.4 is 9.47 Å². The Hall–Kier alpha value is -2.21. The third kappa shape index (κ3) is 4.95. The van der Waals surface area contributed by atoms with Crippen molar-refractivity contribution in [2.45, 2.75) is 50.3 Å². The van der Waals surface area contributed by atoms with Crippen molar-refractivity contribution in [2.75, 3.05) is 14.2 Å². The summed E-state index contributed by atoms with van der Waals surface area (Å²) in [5, 5.41) is 23.3. The van der Waals surface area contributed by atoms with Crippen molar-refractivity contribution in [3.05, 3.63) is 29.7 Å². The smallest absolute Gasteiger partial charge is 0.144 e. The van der Waals surface area contributed by atoms with Gasteiger partial charge in [0.05, 0.1) is 40.7 Å². The molecule has 2 aromatic rings. The number of methoxy groups -OCH3 is 2. The van der Waals surface area contributed by atoms with Crippen molar-refractivity contribution >= 4 is 21.6 Å². The normalized spacial score (nSPS) is 12.6. The summed E-state index contributed by atoms with van der Waals surface area (Å²) in [6.45, 7) is 2.18. The van der Waals surface area contributed by atoms with Gasteiger partial charge in [0, 0.05) is 11.5 Å². The van der Waals surface area contributed by atoms with Crippen LogP contribution in [0.4, 0.5) is 0 Å². The summed E-state index contributed by atoms with van der Waals surface area (Å²) >= 11 is 0. The first-order chi connectivity index (χ1) is 13.0. The minimum atomic E-state index is -1.58. The molecule has 0 heterocycles. The second-order valence-corrected chi connectivity index (χ2v) is 7.64. The number of ether oxygens (including phenoxy) is 2. The molecule has 5 nitrogen and oxygen atoms in total. The van der Waals surface area contributed by atoms with E-state index in [2.05, 4.69) is 6.92 Å². The van der Waals surface area contributed by atoms with Crippen LogP contribution in [0.25, 0.3) is 10.8 Å². The van der Waals surface area contributed by atoms with Gasteiger partial charge >= 0.3 is 0 Å². The van der Waals surface area contributed by atoms with Crippen molar-refractivity contribution in [3.8, 4) is 23.0 Å². The Kier molecular flexibility index (Phi) is 7.98. The fourth-order valence-electron chi connectivity index (χ4n) is 3.03. The highest BCUT2D eigenvalue weighted by Crippen LogP contribution is 2.46. The van der Waals surface area contributed by atoms with Crippen molar-refractivity contribution in [1.82, 2.24) is 0 Å². The SMILES string of the molecule is CCCCCCCC=CS(=O)c1cc(O)c2c(OC)ccc(OC)c2c1O. The maximum Gasteiger partial charge on any atom is 0.144 e. The standard InChI is InChI=1S/C21H28O5S/c1-4-5-6-7-8-9-10-13-27(24)18-14-15(22)19-16(25-2)11-12-17(26-3)20(19)21(18)23/h10-14,22-23H,4-9H2,1-3H3. The first-order valence-electron chi connectivity index (χ1n) is 9.22. The Labute approximate surface area is 163 Å². The van der Waals surface area contributed by atoms with Crippen LogP contribution in [-0.2, 0) is 10.8 Å². The largest absolute Gasteiger partial charge is 0.507 e.